The Balaban J connectivity index is 1.83. The zero-order chi connectivity index (χ0) is 20.8. The quantitative estimate of drug-likeness (QED) is 0.573. The van der Waals surface area contributed by atoms with Crippen LogP contribution in [0.1, 0.15) is 10.4 Å². The highest BCUT2D eigenvalue weighted by Gasteiger charge is 2.22. The number of benzene rings is 2. The molecule has 4 N–H and O–H groups in total. The summed E-state index contributed by atoms with van der Waals surface area (Å²) in [6.07, 6.45) is 2.66. The molecule has 1 amide bonds. The Hall–Kier alpha value is -3.59. The van der Waals surface area contributed by atoms with Crippen molar-refractivity contribution in [2.75, 3.05) is 34.0 Å². The van der Waals surface area contributed by atoms with Crippen LogP contribution in [0.25, 0.3) is 11.1 Å². The predicted molar refractivity (Wildman–Crippen MR) is 115 cm³/mol. The summed E-state index contributed by atoms with van der Waals surface area (Å²) in [5, 5.41) is 6.11. The molecule has 3 aromatic rings. The van der Waals surface area contributed by atoms with Crippen LogP contribution in [0, 0.1) is 0 Å². The first-order chi connectivity index (χ1) is 13.7. The number of carbonyl (C=O) groups excluding carboxylic acids is 1. The number of hydrogen-bond acceptors (Lipinski definition) is 6. The van der Waals surface area contributed by atoms with Crippen LogP contribution in [0.2, 0.25) is 0 Å². The number of amides is 1. The first kappa shape index (κ1) is 18.8. The summed E-state index contributed by atoms with van der Waals surface area (Å²) in [6, 6.07) is 14.0. The van der Waals surface area contributed by atoms with Gasteiger partial charge in [-0.1, -0.05) is 6.07 Å². The zero-order valence-electron chi connectivity index (χ0n) is 15.8. The van der Waals surface area contributed by atoms with Crippen molar-refractivity contribution in [1.29, 1.82) is 0 Å². The molecule has 0 aliphatic carbocycles. The molecule has 2 heterocycles. The number of nitrogen functional groups attached to an aromatic ring is 1. The van der Waals surface area contributed by atoms with Crippen molar-refractivity contribution in [3.8, 4) is 11.1 Å². The number of aromatic nitrogens is 1. The molecule has 29 heavy (non-hydrogen) atoms. The number of hydrogen-bond donors (Lipinski definition) is 3. The second-order valence-electron chi connectivity index (χ2n) is 6.75. The molecule has 1 aromatic heterocycles. The van der Waals surface area contributed by atoms with Gasteiger partial charge in [0.1, 0.15) is 5.82 Å². The van der Waals surface area contributed by atoms with Crippen LogP contribution in [-0.4, -0.2) is 32.6 Å². The van der Waals surface area contributed by atoms with Gasteiger partial charge in [0, 0.05) is 24.5 Å². The van der Waals surface area contributed by atoms with Crippen LogP contribution in [-0.2, 0) is 10.0 Å². The summed E-state index contributed by atoms with van der Waals surface area (Å²) in [5.74, 6) is 0.0456. The second kappa shape index (κ2) is 6.78. The molecule has 148 valence electrons. The Kier molecular flexibility index (Phi) is 4.39. The second-order valence-corrected chi connectivity index (χ2v) is 8.76. The van der Waals surface area contributed by atoms with Crippen molar-refractivity contribution in [1.82, 2.24) is 4.98 Å². The van der Waals surface area contributed by atoms with Gasteiger partial charge in [-0.05, 0) is 48.0 Å². The number of nitrogens with zero attached hydrogens (tertiary/aromatic N) is 2. The average molecular weight is 409 g/mol. The molecule has 4 rings (SSSR count). The van der Waals surface area contributed by atoms with Gasteiger partial charge in [-0.25, -0.2) is 13.4 Å². The zero-order valence-corrected chi connectivity index (χ0v) is 16.6. The lowest BCUT2D eigenvalue weighted by Crippen LogP contribution is -2.26. The summed E-state index contributed by atoms with van der Waals surface area (Å²) < 4.78 is 25.2. The molecule has 8 nitrogen and oxygen atoms in total. The normalized spacial score (nSPS) is 12.8. The van der Waals surface area contributed by atoms with E-state index in [9.17, 15) is 13.2 Å². The minimum atomic E-state index is -3.48. The van der Waals surface area contributed by atoms with E-state index in [1.807, 2.05) is 0 Å². The van der Waals surface area contributed by atoms with Gasteiger partial charge in [-0.2, -0.15) is 0 Å². The lowest BCUT2D eigenvalue weighted by atomic mass is 10.0. The van der Waals surface area contributed by atoms with E-state index in [4.69, 9.17) is 5.73 Å². The number of nitrogens with two attached hydrogens (primary N) is 1. The third-order valence-corrected chi connectivity index (χ3v) is 5.89. The Labute approximate surface area is 168 Å². The maximum atomic E-state index is 12.6. The molecule has 9 heteroatoms. The monoisotopic (exact) mass is 409 g/mol. The van der Waals surface area contributed by atoms with E-state index < -0.39 is 10.0 Å². The van der Waals surface area contributed by atoms with E-state index in [1.54, 1.807) is 48.5 Å². The molecule has 0 fully saturated rings. The fourth-order valence-corrected chi connectivity index (χ4v) is 3.61. The Bertz CT molecular complexity index is 1240. The third-order valence-electron chi connectivity index (χ3n) is 4.72. The van der Waals surface area contributed by atoms with E-state index in [-0.39, 0.29) is 5.91 Å². The van der Waals surface area contributed by atoms with Crippen molar-refractivity contribution >= 4 is 44.5 Å². The number of sulfonamides is 1. The fourth-order valence-electron chi connectivity index (χ4n) is 3.15. The highest BCUT2D eigenvalue weighted by atomic mass is 32.2. The maximum absolute atomic E-state index is 12.6. The topological polar surface area (TPSA) is 117 Å². The summed E-state index contributed by atoms with van der Waals surface area (Å²) >= 11 is 0. The third kappa shape index (κ3) is 3.47. The lowest BCUT2D eigenvalue weighted by Gasteiger charge is -2.19. The van der Waals surface area contributed by atoms with Crippen molar-refractivity contribution in [3.05, 3.63) is 60.3 Å². The largest absolute Gasteiger partial charge is 0.399 e. The molecule has 0 saturated carbocycles. The molecule has 0 radical (unpaired) electrons. The molecule has 1 aliphatic heterocycles. The Morgan fingerprint density at radius 2 is 1.76 bits per heavy atom. The number of rotatable bonds is 3. The van der Waals surface area contributed by atoms with E-state index in [0.29, 0.717) is 39.7 Å². The van der Waals surface area contributed by atoms with Gasteiger partial charge in [0.15, 0.2) is 0 Å². The Morgan fingerprint density at radius 1 is 0.966 bits per heavy atom. The van der Waals surface area contributed by atoms with Crippen molar-refractivity contribution < 1.29 is 13.2 Å². The average Bonchev–Trinajstić information content (AvgIpc) is 2.81. The smallest absolute Gasteiger partial charge is 0.257 e. The molecule has 2 aromatic carbocycles. The number of nitrogens with one attached hydrogen (secondary N) is 2. The highest BCUT2D eigenvalue weighted by Crippen LogP contribution is 2.37. The first-order valence-electron chi connectivity index (χ1n) is 8.75. The van der Waals surface area contributed by atoms with Gasteiger partial charge in [0.05, 0.1) is 28.9 Å². The minimum Gasteiger partial charge on any atom is -0.399 e. The van der Waals surface area contributed by atoms with Crippen LogP contribution in [0.4, 0.5) is 28.6 Å². The van der Waals surface area contributed by atoms with E-state index in [0.717, 1.165) is 16.1 Å². The highest BCUT2D eigenvalue weighted by molar-refractivity contribution is 7.92. The van der Waals surface area contributed by atoms with Gasteiger partial charge in [-0.15, -0.1) is 0 Å². The summed E-state index contributed by atoms with van der Waals surface area (Å²) in [4.78, 5) is 16.9. The van der Waals surface area contributed by atoms with E-state index >= 15 is 0 Å². The summed E-state index contributed by atoms with van der Waals surface area (Å²) in [5.41, 5.74) is 10.1. The van der Waals surface area contributed by atoms with Crippen LogP contribution < -0.4 is 20.7 Å². The number of anilines is 5. The minimum absolute atomic E-state index is 0.261. The van der Waals surface area contributed by atoms with E-state index in [2.05, 4.69) is 15.6 Å². The molecule has 0 atom stereocenters. The van der Waals surface area contributed by atoms with Crippen molar-refractivity contribution in [2.24, 2.45) is 0 Å². The van der Waals surface area contributed by atoms with Gasteiger partial charge >= 0.3 is 0 Å². The number of fused-ring (bicyclic) bond motifs is 2. The Morgan fingerprint density at radius 3 is 2.52 bits per heavy atom. The van der Waals surface area contributed by atoms with Gasteiger partial charge in [0.25, 0.3) is 5.91 Å². The summed E-state index contributed by atoms with van der Waals surface area (Å²) in [7, 11) is -2.03. The van der Waals surface area contributed by atoms with Crippen LogP contribution in [0.5, 0.6) is 0 Å². The van der Waals surface area contributed by atoms with Crippen LogP contribution in [0.3, 0.4) is 0 Å². The molecule has 0 saturated heterocycles. The molecule has 0 unspecified atom stereocenters. The number of carbonyl (C=O) groups is 1. The molecule has 1 aliphatic rings. The molecule has 0 bridgehead atoms. The lowest BCUT2D eigenvalue weighted by molar-refractivity contribution is 0.102. The van der Waals surface area contributed by atoms with Crippen LogP contribution in [0.15, 0.2) is 54.7 Å². The first-order valence-corrected chi connectivity index (χ1v) is 10.6. The van der Waals surface area contributed by atoms with Gasteiger partial charge in [-0.3, -0.25) is 9.10 Å². The van der Waals surface area contributed by atoms with E-state index in [1.165, 1.54) is 13.2 Å². The molecular weight excluding hydrogens is 390 g/mol. The SMILES string of the molecule is CN(c1ncccc1-c1ccc2c(c1)Nc1ccc(N)cc1NC2=O)S(C)(=O)=O. The molecular formula is C20H19N5O3S. The fraction of sp³-hybridized carbons (Fsp3) is 0.100. The van der Waals surface area contributed by atoms with Crippen molar-refractivity contribution in [3.63, 3.8) is 0 Å². The number of pyridine rings is 1. The molecule has 0 spiro atoms. The van der Waals surface area contributed by atoms with Gasteiger partial charge < -0.3 is 16.4 Å². The standard InChI is InChI=1S/C20H19N5O3S/c1-25(29(2,27)28)19-14(4-3-9-22-19)12-5-7-15-17(10-12)23-16-8-6-13(21)11-18(16)24-20(15)26/h3-11,23H,21H2,1-2H3,(H,24,26). The van der Waals surface area contributed by atoms with Crippen LogP contribution >= 0.6 is 0 Å². The predicted octanol–water partition coefficient (Wildman–Crippen LogP) is 3.04. The maximum Gasteiger partial charge on any atom is 0.257 e. The van der Waals surface area contributed by atoms with Gasteiger partial charge in [0.2, 0.25) is 10.0 Å². The van der Waals surface area contributed by atoms with Crippen molar-refractivity contribution in [2.45, 2.75) is 0 Å². The summed E-state index contributed by atoms with van der Waals surface area (Å²) in [6.45, 7) is 0.